The molecule has 0 aliphatic carbocycles. The molecule has 188 valence electrons. The number of aromatic nitrogens is 3. The zero-order valence-electron chi connectivity index (χ0n) is 20.4. The van der Waals surface area contributed by atoms with E-state index in [-0.39, 0.29) is 18.1 Å². The molecule has 0 saturated heterocycles. The number of benzene rings is 3. The van der Waals surface area contributed by atoms with Gasteiger partial charge in [0.25, 0.3) is 0 Å². The minimum absolute atomic E-state index is 0.251. The van der Waals surface area contributed by atoms with Gasteiger partial charge >= 0.3 is 0 Å². The summed E-state index contributed by atoms with van der Waals surface area (Å²) in [6, 6.07) is 24.2. The molecule has 1 aromatic heterocycles. The van der Waals surface area contributed by atoms with Gasteiger partial charge in [0.1, 0.15) is 29.2 Å². The number of rotatable bonds is 11. The summed E-state index contributed by atoms with van der Waals surface area (Å²) in [7, 11) is 0. The zero-order valence-corrected chi connectivity index (χ0v) is 21.2. The Bertz CT molecular complexity index is 1400. The van der Waals surface area contributed by atoms with Crippen LogP contribution < -0.4 is 9.47 Å². The maximum absolute atomic E-state index is 11.5. The van der Waals surface area contributed by atoms with Crippen LogP contribution in [0.5, 0.6) is 11.5 Å². The van der Waals surface area contributed by atoms with E-state index in [1.165, 1.54) is 11.8 Å². The van der Waals surface area contributed by atoms with Crippen molar-refractivity contribution in [1.29, 1.82) is 5.26 Å². The number of ether oxygens (including phenoxy) is 2. The highest BCUT2D eigenvalue weighted by Crippen LogP contribution is 2.36. The van der Waals surface area contributed by atoms with Crippen LogP contribution in [0.1, 0.15) is 34.7 Å². The monoisotopic (exact) mass is 515 g/mol. The predicted octanol–water partition coefficient (Wildman–Crippen LogP) is 5.54. The minimum atomic E-state index is -0.492. The lowest BCUT2D eigenvalue weighted by atomic mass is 10.1. The van der Waals surface area contributed by atoms with Crippen LogP contribution in [0.4, 0.5) is 0 Å². The minimum Gasteiger partial charge on any atom is -0.494 e. The maximum Gasteiger partial charge on any atom is 0.220 e. The van der Waals surface area contributed by atoms with Crippen molar-refractivity contribution >= 4 is 11.8 Å². The van der Waals surface area contributed by atoms with Gasteiger partial charge in [0.15, 0.2) is 5.16 Å². The van der Waals surface area contributed by atoms with E-state index in [0.29, 0.717) is 28.9 Å². The highest BCUT2D eigenvalue weighted by Gasteiger charge is 2.24. The van der Waals surface area contributed by atoms with E-state index in [4.69, 9.17) is 9.47 Å². The fourth-order valence-electron chi connectivity index (χ4n) is 3.74. The van der Waals surface area contributed by atoms with Gasteiger partial charge in [-0.2, -0.15) is 5.26 Å². The maximum atomic E-state index is 11.5. The van der Waals surface area contributed by atoms with Gasteiger partial charge in [-0.3, -0.25) is 14.7 Å². The SMILES string of the molecule is CCOc1ccc(-n2c(C)nnc2S[C@H](C[N+](=O)[O-])c2ccc(OCc3ccccc3C#N)cc2)cc1. The topological polar surface area (TPSA) is 116 Å². The molecule has 37 heavy (non-hydrogen) atoms. The first-order valence-electron chi connectivity index (χ1n) is 11.6. The summed E-state index contributed by atoms with van der Waals surface area (Å²) in [5.74, 6) is 2.04. The number of nitrogens with zero attached hydrogens (tertiary/aromatic N) is 5. The van der Waals surface area contributed by atoms with Crippen molar-refractivity contribution in [2.75, 3.05) is 13.2 Å². The number of thioether (sulfide) groups is 1. The third kappa shape index (κ3) is 6.45. The Hall–Kier alpha value is -4.36. The van der Waals surface area contributed by atoms with Crippen LogP contribution in [0.2, 0.25) is 0 Å². The summed E-state index contributed by atoms with van der Waals surface area (Å²) in [6.07, 6.45) is 0. The molecule has 10 heteroatoms. The normalized spacial score (nSPS) is 11.5. The smallest absolute Gasteiger partial charge is 0.220 e. The molecule has 0 spiro atoms. The van der Waals surface area contributed by atoms with Gasteiger partial charge in [-0.25, -0.2) is 0 Å². The second kappa shape index (κ2) is 12.1. The molecule has 3 aromatic carbocycles. The molecule has 0 unspecified atom stereocenters. The molecular weight excluding hydrogens is 490 g/mol. The molecule has 0 N–H and O–H groups in total. The molecule has 4 aromatic rings. The van der Waals surface area contributed by atoms with Crippen molar-refractivity contribution in [2.24, 2.45) is 0 Å². The lowest BCUT2D eigenvalue weighted by Gasteiger charge is -2.15. The van der Waals surface area contributed by atoms with Gasteiger partial charge in [-0.1, -0.05) is 42.1 Å². The van der Waals surface area contributed by atoms with Crippen molar-refractivity contribution in [2.45, 2.75) is 30.9 Å². The molecular formula is C27H25N5O4S. The Morgan fingerprint density at radius 1 is 1.03 bits per heavy atom. The van der Waals surface area contributed by atoms with Crippen molar-refractivity contribution in [3.05, 3.63) is 105 Å². The van der Waals surface area contributed by atoms with Gasteiger partial charge in [0.05, 0.1) is 18.2 Å². The van der Waals surface area contributed by atoms with Gasteiger partial charge in [-0.05, 0) is 61.9 Å². The van der Waals surface area contributed by atoms with E-state index in [0.717, 1.165) is 22.6 Å². The van der Waals surface area contributed by atoms with E-state index in [2.05, 4.69) is 16.3 Å². The van der Waals surface area contributed by atoms with E-state index >= 15 is 0 Å². The van der Waals surface area contributed by atoms with Crippen LogP contribution in [0.25, 0.3) is 5.69 Å². The molecule has 0 radical (unpaired) electrons. The first-order valence-corrected chi connectivity index (χ1v) is 12.5. The van der Waals surface area contributed by atoms with Crippen LogP contribution in [0.3, 0.4) is 0 Å². The molecule has 0 fully saturated rings. The molecule has 0 aliphatic heterocycles. The lowest BCUT2D eigenvalue weighted by Crippen LogP contribution is -2.11. The summed E-state index contributed by atoms with van der Waals surface area (Å²) in [6.45, 7) is 4.31. The first-order chi connectivity index (χ1) is 18.0. The highest BCUT2D eigenvalue weighted by atomic mass is 32.2. The summed E-state index contributed by atoms with van der Waals surface area (Å²) in [5.41, 5.74) is 2.97. The third-order valence-electron chi connectivity index (χ3n) is 5.55. The molecule has 0 amide bonds. The quantitative estimate of drug-likeness (QED) is 0.145. The highest BCUT2D eigenvalue weighted by molar-refractivity contribution is 7.99. The van der Waals surface area contributed by atoms with Crippen LogP contribution in [0.15, 0.2) is 78.0 Å². The van der Waals surface area contributed by atoms with Crippen LogP contribution in [0, 0.1) is 28.4 Å². The van der Waals surface area contributed by atoms with Crippen molar-refractivity contribution in [3.63, 3.8) is 0 Å². The van der Waals surface area contributed by atoms with Gasteiger partial charge in [-0.15, -0.1) is 10.2 Å². The number of hydrogen-bond acceptors (Lipinski definition) is 8. The first kappa shape index (κ1) is 25.7. The zero-order chi connectivity index (χ0) is 26.2. The Kier molecular flexibility index (Phi) is 8.38. The second-order valence-corrected chi connectivity index (χ2v) is 9.21. The Morgan fingerprint density at radius 2 is 1.70 bits per heavy atom. The fourth-order valence-corrected chi connectivity index (χ4v) is 4.92. The standard InChI is InChI=1S/C27H25N5O4S/c1-3-35-24-14-10-23(11-15-24)32-19(2)29-30-27(32)37-26(17-31(33)34)20-8-12-25(13-9-20)36-18-22-7-5-4-6-21(22)16-28/h4-15,26H,3,17-18H2,1-2H3/t26-/m1/s1. The number of nitro groups is 1. The van der Waals surface area contributed by atoms with Crippen LogP contribution in [-0.4, -0.2) is 32.8 Å². The predicted molar refractivity (Wildman–Crippen MR) is 140 cm³/mol. The van der Waals surface area contributed by atoms with E-state index in [1.54, 1.807) is 18.2 Å². The van der Waals surface area contributed by atoms with Crippen molar-refractivity contribution in [3.8, 4) is 23.3 Å². The third-order valence-corrected chi connectivity index (χ3v) is 6.73. The summed E-state index contributed by atoms with van der Waals surface area (Å²) in [5, 5.41) is 29.3. The van der Waals surface area contributed by atoms with Crippen LogP contribution in [-0.2, 0) is 6.61 Å². The summed E-state index contributed by atoms with van der Waals surface area (Å²) < 4.78 is 13.2. The van der Waals surface area contributed by atoms with E-state index in [9.17, 15) is 15.4 Å². The average Bonchev–Trinajstić information content (AvgIpc) is 3.27. The lowest BCUT2D eigenvalue weighted by molar-refractivity contribution is -0.479. The Labute approximate surface area is 218 Å². The largest absolute Gasteiger partial charge is 0.494 e. The fraction of sp³-hybridized carbons (Fsp3) is 0.222. The van der Waals surface area contributed by atoms with E-state index < -0.39 is 5.25 Å². The average molecular weight is 516 g/mol. The number of hydrogen-bond donors (Lipinski definition) is 0. The second-order valence-electron chi connectivity index (χ2n) is 8.04. The molecule has 4 rings (SSSR count). The van der Waals surface area contributed by atoms with Crippen molar-refractivity contribution in [1.82, 2.24) is 14.8 Å². The van der Waals surface area contributed by atoms with E-state index in [1.807, 2.05) is 73.0 Å². The summed E-state index contributed by atoms with van der Waals surface area (Å²) in [4.78, 5) is 11.2. The van der Waals surface area contributed by atoms with Crippen molar-refractivity contribution < 1.29 is 14.4 Å². The summed E-state index contributed by atoms with van der Waals surface area (Å²) >= 11 is 1.29. The molecule has 1 atom stereocenters. The molecule has 0 saturated carbocycles. The molecule has 1 heterocycles. The van der Waals surface area contributed by atoms with Gasteiger partial charge < -0.3 is 9.47 Å². The van der Waals surface area contributed by atoms with Gasteiger partial charge in [0.2, 0.25) is 6.54 Å². The van der Waals surface area contributed by atoms with Gasteiger partial charge in [0, 0.05) is 16.2 Å². The Morgan fingerprint density at radius 3 is 2.38 bits per heavy atom. The van der Waals surface area contributed by atoms with Crippen LogP contribution >= 0.6 is 11.8 Å². The molecule has 0 bridgehead atoms. The number of nitriles is 1. The Balaban J connectivity index is 1.52. The number of aryl methyl sites for hydroxylation is 1. The molecule has 0 aliphatic rings. The molecule has 9 nitrogen and oxygen atoms in total.